The molecular weight excluding hydrogens is 478 g/mol. The molecule has 1 aromatic heterocycles. The normalized spacial score (nSPS) is 18.0. The van der Waals surface area contributed by atoms with Gasteiger partial charge in [-0.25, -0.2) is 4.68 Å². The standard InChI is InChI=1S/C26H27N5O6/c1-26(2)12-17-22(18(32)13-26)23(16-10-20(36-4)21(37-5)11-19(16)35-3)30-25(27-17)28-24(29-30)14-7-6-8-15(9-14)31(33)34/h6-11,23H,12-13H2,1-5H3,(H,27,28,29). The monoisotopic (exact) mass is 505 g/mol. The third-order valence-electron chi connectivity index (χ3n) is 6.68. The molecule has 5 rings (SSSR count). The Balaban J connectivity index is 1.74. The van der Waals surface area contributed by atoms with Crippen LogP contribution in [0.2, 0.25) is 0 Å². The first-order chi connectivity index (χ1) is 17.7. The molecule has 1 aliphatic carbocycles. The molecule has 11 heteroatoms. The van der Waals surface area contributed by atoms with Crippen molar-refractivity contribution in [2.75, 3.05) is 26.6 Å². The molecule has 0 radical (unpaired) electrons. The number of hydrogen-bond donors (Lipinski definition) is 1. The van der Waals surface area contributed by atoms with Crippen LogP contribution in [0.1, 0.15) is 38.3 Å². The van der Waals surface area contributed by atoms with E-state index in [1.807, 2.05) is 0 Å². The first-order valence-electron chi connectivity index (χ1n) is 11.7. The molecule has 0 amide bonds. The topological polar surface area (TPSA) is 131 Å². The first-order valence-corrected chi connectivity index (χ1v) is 11.7. The van der Waals surface area contributed by atoms with Crippen LogP contribution in [0.4, 0.5) is 11.6 Å². The molecular formula is C26H27N5O6. The van der Waals surface area contributed by atoms with E-state index in [1.54, 1.807) is 36.1 Å². The molecule has 2 aromatic carbocycles. The van der Waals surface area contributed by atoms with Crippen LogP contribution in [0, 0.1) is 15.5 Å². The van der Waals surface area contributed by atoms with E-state index >= 15 is 0 Å². The Morgan fingerprint density at radius 2 is 1.76 bits per heavy atom. The van der Waals surface area contributed by atoms with Crippen LogP contribution >= 0.6 is 0 Å². The van der Waals surface area contributed by atoms with Crippen LogP contribution in [0.3, 0.4) is 0 Å². The smallest absolute Gasteiger partial charge is 0.270 e. The van der Waals surface area contributed by atoms with Crippen molar-refractivity contribution in [2.45, 2.75) is 32.7 Å². The maximum atomic E-state index is 13.6. The number of aromatic nitrogens is 3. The van der Waals surface area contributed by atoms with Crippen molar-refractivity contribution >= 4 is 17.4 Å². The van der Waals surface area contributed by atoms with Crippen molar-refractivity contribution in [2.24, 2.45) is 5.41 Å². The van der Waals surface area contributed by atoms with Gasteiger partial charge in [-0.05, 0) is 17.9 Å². The van der Waals surface area contributed by atoms with Gasteiger partial charge in [0.05, 0.1) is 26.3 Å². The van der Waals surface area contributed by atoms with Gasteiger partial charge in [-0.2, -0.15) is 4.98 Å². The number of non-ortho nitro benzene ring substituents is 1. The minimum atomic E-state index is -0.662. The number of methoxy groups -OCH3 is 3. The molecule has 0 fully saturated rings. The predicted octanol–water partition coefficient (Wildman–Crippen LogP) is 4.54. The second-order valence-electron chi connectivity index (χ2n) is 9.82. The van der Waals surface area contributed by atoms with E-state index in [0.717, 1.165) is 5.70 Å². The van der Waals surface area contributed by atoms with Crippen molar-refractivity contribution in [3.05, 3.63) is 63.3 Å². The van der Waals surface area contributed by atoms with Gasteiger partial charge in [0.1, 0.15) is 11.8 Å². The summed E-state index contributed by atoms with van der Waals surface area (Å²) in [5.41, 5.74) is 2.19. The Kier molecular flexibility index (Phi) is 5.85. The molecule has 11 nitrogen and oxygen atoms in total. The van der Waals surface area contributed by atoms with Gasteiger partial charge in [-0.3, -0.25) is 14.9 Å². The summed E-state index contributed by atoms with van der Waals surface area (Å²) in [5.74, 6) is 2.17. The number of ketones is 1. The van der Waals surface area contributed by atoms with Crippen molar-refractivity contribution in [1.82, 2.24) is 14.8 Å². The average Bonchev–Trinajstić information content (AvgIpc) is 3.29. The quantitative estimate of drug-likeness (QED) is 0.379. The van der Waals surface area contributed by atoms with Gasteiger partial charge in [-0.15, -0.1) is 5.10 Å². The summed E-state index contributed by atoms with van der Waals surface area (Å²) in [6.07, 6.45) is 1.01. The lowest BCUT2D eigenvalue weighted by Crippen LogP contribution is -2.36. The van der Waals surface area contributed by atoms with Gasteiger partial charge in [-0.1, -0.05) is 26.0 Å². The Morgan fingerprint density at radius 1 is 1.05 bits per heavy atom. The highest BCUT2D eigenvalue weighted by Gasteiger charge is 2.43. The maximum Gasteiger partial charge on any atom is 0.270 e. The summed E-state index contributed by atoms with van der Waals surface area (Å²) in [5, 5.41) is 19.4. The van der Waals surface area contributed by atoms with Crippen molar-refractivity contribution in [1.29, 1.82) is 0 Å². The van der Waals surface area contributed by atoms with Crippen molar-refractivity contribution in [3.8, 4) is 28.6 Å². The Hall–Kier alpha value is -4.41. The highest BCUT2D eigenvalue weighted by molar-refractivity contribution is 6.00. The van der Waals surface area contributed by atoms with E-state index in [4.69, 9.17) is 19.3 Å². The summed E-state index contributed by atoms with van der Waals surface area (Å²) in [7, 11) is 4.62. The number of nitrogens with zero attached hydrogens (tertiary/aromatic N) is 4. The number of ether oxygens (including phenoxy) is 3. The molecule has 1 aliphatic heterocycles. The molecule has 0 spiro atoms. The number of nitrogens with one attached hydrogen (secondary N) is 1. The molecule has 0 saturated carbocycles. The summed E-state index contributed by atoms with van der Waals surface area (Å²) in [6.45, 7) is 4.10. The Labute approximate surface area is 213 Å². The number of carbonyl (C=O) groups excluding carboxylic acids is 1. The lowest BCUT2D eigenvalue weighted by atomic mass is 9.73. The molecule has 2 heterocycles. The second kappa shape index (κ2) is 8.91. The number of anilines is 1. The fourth-order valence-corrected chi connectivity index (χ4v) is 5.04. The number of rotatable bonds is 6. The zero-order valence-corrected chi connectivity index (χ0v) is 21.2. The molecule has 192 valence electrons. The number of Topliss-reactive ketones (excluding diaryl/α,β-unsaturated/α-hetero) is 1. The van der Waals surface area contributed by atoms with E-state index in [2.05, 4.69) is 24.1 Å². The Bertz CT molecular complexity index is 1460. The Morgan fingerprint density at radius 3 is 2.43 bits per heavy atom. The maximum absolute atomic E-state index is 13.6. The van der Waals surface area contributed by atoms with E-state index in [-0.39, 0.29) is 16.9 Å². The van der Waals surface area contributed by atoms with E-state index < -0.39 is 11.0 Å². The van der Waals surface area contributed by atoms with Crippen molar-refractivity contribution < 1.29 is 23.9 Å². The molecule has 1 N–H and O–H groups in total. The second-order valence-corrected chi connectivity index (χ2v) is 9.82. The lowest BCUT2D eigenvalue weighted by molar-refractivity contribution is -0.384. The predicted molar refractivity (Wildman–Crippen MR) is 135 cm³/mol. The number of allylic oxidation sites excluding steroid dienone is 2. The molecule has 1 atom stereocenters. The molecule has 2 aliphatic rings. The average molecular weight is 506 g/mol. The van der Waals surface area contributed by atoms with Crippen molar-refractivity contribution in [3.63, 3.8) is 0 Å². The molecule has 1 unspecified atom stereocenters. The van der Waals surface area contributed by atoms with Crippen LogP contribution in [-0.4, -0.2) is 46.8 Å². The van der Waals surface area contributed by atoms with Crippen LogP contribution < -0.4 is 19.5 Å². The van der Waals surface area contributed by atoms with Crippen LogP contribution in [0.15, 0.2) is 47.7 Å². The first kappa shape index (κ1) is 24.3. The van der Waals surface area contributed by atoms with Crippen LogP contribution in [0.5, 0.6) is 17.2 Å². The molecule has 37 heavy (non-hydrogen) atoms. The van der Waals surface area contributed by atoms with Gasteiger partial charge in [0.25, 0.3) is 5.69 Å². The summed E-state index contributed by atoms with van der Waals surface area (Å²) < 4.78 is 18.4. The highest BCUT2D eigenvalue weighted by Crippen LogP contribution is 2.49. The number of fused-ring (bicyclic) bond motifs is 1. The summed E-state index contributed by atoms with van der Waals surface area (Å²) in [6, 6.07) is 8.97. The van der Waals surface area contributed by atoms with Gasteiger partial charge < -0.3 is 19.5 Å². The number of nitro groups is 1. The van der Waals surface area contributed by atoms with Crippen LogP contribution in [0.25, 0.3) is 11.4 Å². The molecule has 0 bridgehead atoms. The number of carbonyl (C=O) groups is 1. The minimum absolute atomic E-state index is 0.00126. The number of hydrogen-bond acceptors (Lipinski definition) is 9. The van der Waals surface area contributed by atoms with Gasteiger partial charge >= 0.3 is 0 Å². The van der Waals surface area contributed by atoms with Gasteiger partial charge in [0.2, 0.25) is 5.95 Å². The number of nitro benzene ring substituents is 1. The van der Waals surface area contributed by atoms with E-state index in [0.29, 0.717) is 58.6 Å². The third-order valence-corrected chi connectivity index (χ3v) is 6.68. The van der Waals surface area contributed by atoms with Gasteiger partial charge in [0, 0.05) is 47.0 Å². The fraction of sp³-hybridized carbons (Fsp3) is 0.346. The fourth-order valence-electron chi connectivity index (χ4n) is 5.04. The zero-order chi connectivity index (χ0) is 26.5. The van der Waals surface area contributed by atoms with E-state index in [1.165, 1.54) is 26.4 Å². The molecule has 0 saturated heterocycles. The minimum Gasteiger partial charge on any atom is -0.496 e. The SMILES string of the molecule is COc1cc(OC)c(C2C3=C(CC(C)(C)CC3=O)Nc3nc(-c4cccc([N+](=O)[O-])c4)nn32)cc1OC. The van der Waals surface area contributed by atoms with Gasteiger partial charge in [0.15, 0.2) is 23.1 Å². The zero-order valence-electron chi connectivity index (χ0n) is 21.2. The third kappa shape index (κ3) is 4.15. The van der Waals surface area contributed by atoms with Crippen LogP contribution in [-0.2, 0) is 4.79 Å². The lowest BCUT2D eigenvalue weighted by Gasteiger charge is -2.38. The van der Waals surface area contributed by atoms with E-state index in [9.17, 15) is 14.9 Å². The summed E-state index contributed by atoms with van der Waals surface area (Å²) in [4.78, 5) is 29.1. The largest absolute Gasteiger partial charge is 0.496 e. The number of benzene rings is 2. The summed E-state index contributed by atoms with van der Waals surface area (Å²) >= 11 is 0. The highest BCUT2D eigenvalue weighted by atomic mass is 16.6. The molecule has 3 aromatic rings.